The number of hydrogen-bond donors (Lipinski definition) is 2. The van der Waals surface area contributed by atoms with Crippen molar-refractivity contribution in [1.29, 1.82) is 0 Å². The van der Waals surface area contributed by atoms with Gasteiger partial charge >= 0.3 is 6.18 Å². The van der Waals surface area contributed by atoms with Gasteiger partial charge in [-0.25, -0.2) is 0 Å². The van der Waals surface area contributed by atoms with Crippen LogP contribution < -0.4 is 5.32 Å². The van der Waals surface area contributed by atoms with Crippen LogP contribution in [0, 0.1) is 11.8 Å². The second-order valence-electron chi connectivity index (χ2n) is 6.21. The number of rotatable bonds is 5. The fraction of sp³-hybridized carbons (Fsp3) is 1.00. The number of nitrogens with one attached hydrogen (secondary N) is 1. The molecule has 2 N–H and O–H groups in total. The first kappa shape index (κ1) is 16.0. The van der Waals surface area contributed by atoms with Crippen LogP contribution >= 0.6 is 0 Å². The predicted molar refractivity (Wildman–Crippen MR) is 71.4 cm³/mol. The topological polar surface area (TPSA) is 35.5 Å². The van der Waals surface area contributed by atoms with Gasteiger partial charge in [-0.1, -0.05) is 6.42 Å². The third-order valence-corrected chi connectivity index (χ3v) is 4.71. The summed E-state index contributed by atoms with van der Waals surface area (Å²) in [5.74, 6) is 0.945. The van der Waals surface area contributed by atoms with Crippen molar-refractivity contribution < 1.29 is 18.3 Å². The fourth-order valence-electron chi connectivity index (χ4n) is 3.49. The zero-order valence-electron chi connectivity index (χ0n) is 11.8. The lowest BCUT2D eigenvalue weighted by Gasteiger charge is -2.33. The van der Waals surface area contributed by atoms with Gasteiger partial charge in [-0.2, -0.15) is 13.2 Å². The summed E-state index contributed by atoms with van der Waals surface area (Å²) in [5, 5.41) is 12.8. The molecule has 0 spiro atoms. The maximum Gasteiger partial charge on any atom is 0.401 e. The Balaban J connectivity index is 1.64. The first-order valence-electron chi connectivity index (χ1n) is 7.61. The SMILES string of the molecule is OCC1CCCC1CNC1CCN(CC(F)(F)F)CC1. The molecule has 1 aliphatic heterocycles. The molecule has 1 aliphatic carbocycles. The quantitative estimate of drug-likeness (QED) is 0.814. The van der Waals surface area contributed by atoms with Crippen molar-refractivity contribution in [3.63, 3.8) is 0 Å². The van der Waals surface area contributed by atoms with E-state index in [1.807, 2.05) is 0 Å². The molecule has 3 nitrogen and oxygen atoms in total. The van der Waals surface area contributed by atoms with Gasteiger partial charge in [0, 0.05) is 12.6 Å². The van der Waals surface area contributed by atoms with E-state index in [9.17, 15) is 18.3 Å². The average molecular weight is 294 g/mol. The zero-order chi connectivity index (χ0) is 14.6. The minimum atomic E-state index is -4.08. The number of aliphatic hydroxyl groups excluding tert-OH is 1. The number of halogens is 3. The highest BCUT2D eigenvalue weighted by Crippen LogP contribution is 2.31. The highest BCUT2D eigenvalue weighted by atomic mass is 19.4. The zero-order valence-corrected chi connectivity index (χ0v) is 11.8. The van der Waals surface area contributed by atoms with Crippen molar-refractivity contribution in [2.45, 2.75) is 44.3 Å². The number of aliphatic hydroxyl groups is 1. The van der Waals surface area contributed by atoms with Crippen molar-refractivity contribution in [3.05, 3.63) is 0 Å². The van der Waals surface area contributed by atoms with E-state index in [2.05, 4.69) is 5.32 Å². The standard InChI is InChI=1S/C14H25F3N2O/c15-14(16,17)10-19-6-4-13(5-7-19)18-8-11-2-1-3-12(11)9-20/h11-13,18,20H,1-10H2. The molecular formula is C14H25F3N2O. The van der Waals surface area contributed by atoms with Gasteiger partial charge in [-0.3, -0.25) is 4.90 Å². The van der Waals surface area contributed by atoms with Crippen molar-refractivity contribution >= 4 is 0 Å². The molecule has 2 atom stereocenters. The maximum atomic E-state index is 12.3. The van der Waals surface area contributed by atoms with Gasteiger partial charge < -0.3 is 10.4 Å². The largest absolute Gasteiger partial charge is 0.401 e. The van der Waals surface area contributed by atoms with Gasteiger partial charge in [0.2, 0.25) is 0 Å². The number of alkyl halides is 3. The molecule has 118 valence electrons. The van der Waals surface area contributed by atoms with Gasteiger partial charge in [-0.15, -0.1) is 0 Å². The Kier molecular flexibility index (Phi) is 5.69. The Morgan fingerprint density at radius 2 is 1.70 bits per heavy atom. The van der Waals surface area contributed by atoms with E-state index in [4.69, 9.17) is 0 Å². The first-order chi connectivity index (χ1) is 9.48. The molecule has 0 aromatic rings. The van der Waals surface area contributed by atoms with Gasteiger partial charge in [0.15, 0.2) is 0 Å². The van der Waals surface area contributed by atoms with Crippen LogP contribution in [-0.2, 0) is 0 Å². The summed E-state index contributed by atoms with van der Waals surface area (Å²) in [7, 11) is 0. The Morgan fingerprint density at radius 1 is 1.05 bits per heavy atom. The molecule has 0 amide bonds. The Labute approximate surface area is 118 Å². The van der Waals surface area contributed by atoms with Crippen LogP contribution in [0.2, 0.25) is 0 Å². The Hall–Kier alpha value is -0.330. The second-order valence-corrected chi connectivity index (χ2v) is 6.21. The van der Waals surface area contributed by atoms with Gasteiger partial charge in [0.1, 0.15) is 0 Å². The molecule has 2 rings (SSSR count). The lowest BCUT2D eigenvalue weighted by molar-refractivity contribution is -0.148. The predicted octanol–water partition coefficient (Wildman–Crippen LogP) is 2.01. The van der Waals surface area contributed by atoms with Crippen LogP contribution in [0.5, 0.6) is 0 Å². The van der Waals surface area contributed by atoms with E-state index < -0.39 is 12.7 Å². The van der Waals surface area contributed by atoms with Crippen molar-refractivity contribution in [2.75, 3.05) is 32.8 Å². The molecule has 2 unspecified atom stereocenters. The summed E-state index contributed by atoms with van der Waals surface area (Å²) < 4.78 is 36.9. The molecule has 1 saturated carbocycles. The van der Waals surface area contributed by atoms with Crippen LogP contribution in [0.25, 0.3) is 0 Å². The maximum absolute atomic E-state index is 12.3. The Morgan fingerprint density at radius 3 is 2.30 bits per heavy atom. The Bertz CT molecular complexity index is 291. The van der Waals surface area contributed by atoms with Crippen LogP contribution in [-0.4, -0.2) is 55.0 Å². The third kappa shape index (κ3) is 4.90. The summed E-state index contributed by atoms with van der Waals surface area (Å²) >= 11 is 0. The molecule has 6 heteroatoms. The van der Waals surface area contributed by atoms with E-state index in [-0.39, 0.29) is 6.61 Å². The smallest absolute Gasteiger partial charge is 0.396 e. The number of hydrogen-bond acceptors (Lipinski definition) is 3. The van der Waals surface area contributed by atoms with Crippen molar-refractivity contribution in [1.82, 2.24) is 10.2 Å². The van der Waals surface area contributed by atoms with Crippen molar-refractivity contribution in [2.24, 2.45) is 11.8 Å². The number of piperidine rings is 1. The van der Waals surface area contributed by atoms with E-state index in [0.717, 1.165) is 32.2 Å². The highest BCUT2D eigenvalue weighted by Gasteiger charge is 2.33. The first-order valence-corrected chi connectivity index (χ1v) is 7.61. The minimum Gasteiger partial charge on any atom is -0.396 e. The van der Waals surface area contributed by atoms with E-state index in [0.29, 0.717) is 31.0 Å². The molecule has 20 heavy (non-hydrogen) atoms. The molecule has 2 fully saturated rings. The molecule has 1 saturated heterocycles. The summed E-state index contributed by atoms with van der Waals surface area (Å²) in [4.78, 5) is 1.49. The molecule has 0 aromatic carbocycles. The lowest BCUT2D eigenvalue weighted by atomic mass is 9.96. The summed E-state index contributed by atoms with van der Waals surface area (Å²) in [6, 6.07) is 0.333. The number of nitrogens with zero attached hydrogens (tertiary/aromatic N) is 1. The molecular weight excluding hydrogens is 269 g/mol. The number of likely N-dealkylation sites (tertiary alicyclic amines) is 1. The minimum absolute atomic E-state index is 0.260. The molecule has 0 radical (unpaired) electrons. The summed E-state index contributed by atoms with van der Waals surface area (Å²) in [6.07, 6.45) is 0.928. The van der Waals surface area contributed by atoms with Gasteiger partial charge in [0.25, 0.3) is 0 Å². The van der Waals surface area contributed by atoms with Crippen LogP contribution in [0.4, 0.5) is 13.2 Å². The molecule has 0 bridgehead atoms. The summed E-state index contributed by atoms with van der Waals surface area (Å²) in [5.41, 5.74) is 0. The molecule has 1 heterocycles. The summed E-state index contributed by atoms with van der Waals surface area (Å²) in [6.45, 7) is 1.41. The molecule has 2 aliphatic rings. The van der Waals surface area contributed by atoms with E-state index in [1.54, 1.807) is 0 Å². The molecule has 0 aromatic heterocycles. The van der Waals surface area contributed by atoms with Crippen LogP contribution in [0.15, 0.2) is 0 Å². The van der Waals surface area contributed by atoms with Crippen LogP contribution in [0.3, 0.4) is 0 Å². The van der Waals surface area contributed by atoms with Crippen molar-refractivity contribution in [3.8, 4) is 0 Å². The van der Waals surface area contributed by atoms with Gasteiger partial charge in [-0.05, 0) is 57.2 Å². The van der Waals surface area contributed by atoms with E-state index in [1.165, 1.54) is 11.3 Å². The van der Waals surface area contributed by atoms with Gasteiger partial charge in [0.05, 0.1) is 6.54 Å². The highest BCUT2D eigenvalue weighted by molar-refractivity contribution is 4.83. The normalized spacial score (nSPS) is 30.0. The van der Waals surface area contributed by atoms with E-state index >= 15 is 0 Å². The van der Waals surface area contributed by atoms with Crippen LogP contribution in [0.1, 0.15) is 32.1 Å². The lowest BCUT2D eigenvalue weighted by Crippen LogP contribution is -2.46. The monoisotopic (exact) mass is 294 g/mol. The third-order valence-electron chi connectivity index (χ3n) is 4.71. The average Bonchev–Trinajstić information content (AvgIpc) is 2.83. The fourth-order valence-corrected chi connectivity index (χ4v) is 3.49. The second kappa shape index (κ2) is 7.09.